The molecule has 0 aliphatic heterocycles. The molecule has 44 heavy (non-hydrogen) atoms. The van der Waals surface area contributed by atoms with Crippen LogP contribution in [0.15, 0.2) is 53.5 Å². The fourth-order valence-corrected chi connectivity index (χ4v) is 6.10. The Kier molecular flexibility index (Phi) is 14.9. The van der Waals surface area contributed by atoms with Crippen molar-refractivity contribution >= 4 is 35.9 Å². The second kappa shape index (κ2) is 17.6. The highest BCUT2D eigenvalue weighted by Crippen LogP contribution is 2.47. The number of benzene rings is 2. The topological polar surface area (TPSA) is 99.1 Å². The molecule has 3 rings (SSSR count). The molecule has 1 unspecified atom stereocenters. The molecule has 2 aromatic carbocycles. The van der Waals surface area contributed by atoms with Crippen LogP contribution in [0.1, 0.15) is 107 Å². The Morgan fingerprint density at radius 1 is 1.11 bits per heavy atom. The lowest BCUT2D eigenvalue weighted by Crippen LogP contribution is -2.51. The number of carboxylic acid groups (broad SMARTS) is 1. The highest BCUT2D eigenvalue weighted by molar-refractivity contribution is 6.37. The van der Waals surface area contributed by atoms with E-state index in [-0.39, 0.29) is 17.9 Å². The van der Waals surface area contributed by atoms with Gasteiger partial charge in [-0.2, -0.15) is 0 Å². The zero-order valence-corrected chi connectivity index (χ0v) is 28.4. The number of hydrogen-bond acceptors (Lipinski definition) is 6. The van der Waals surface area contributed by atoms with Gasteiger partial charge in [0.25, 0.3) is 0 Å². The number of carbonyl (C=O) groups excluding carboxylic acids is 2. The van der Waals surface area contributed by atoms with Gasteiger partial charge in [0, 0.05) is 28.7 Å². The van der Waals surface area contributed by atoms with Gasteiger partial charge in [-0.05, 0) is 87.6 Å². The molecular weight excluding hydrogens is 574 g/mol. The predicted octanol–water partition coefficient (Wildman–Crippen LogP) is 7.86. The van der Waals surface area contributed by atoms with E-state index in [2.05, 4.69) is 64.0 Å². The van der Waals surface area contributed by atoms with Crippen LogP contribution in [0.25, 0.3) is 0 Å². The lowest BCUT2D eigenvalue weighted by molar-refractivity contribution is -0.136. The molecule has 0 aromatic heterocycles. The lowest BCUT2D eigenvalue weighted by Gasteiger charge is -2.49. The first kappa shape index (κ1) is 37.3. The monoisotopic (exact) mass is 625 g/mol. The molecule has 1 aliphatic rings. The zero-order valence-electron chi connectivity index (χ0n) is 27.6. The molecule has 242 valence electrons. The largest absolute Gasteiger partial charge is 0.481 e. The number of carboxylic acids is 1. The molecule has 0 saturated heterocycles. The summed E-state index contributed by atoms with van der Waals surface area (Å²) in [5.41, 5.74) is 2.78. The maximum atomic E-state index is 12.4. The van der Waals surface area contributed by atoms with Crippen LogP contribution < -0.4 is 5.32 Å². The zero-order chi connectivity index (χ0) is 32.9. The minimum atomic E-state index is -0.755. The van der Waals surface area contributed by atoms with Gasteiger partial charge in [-0.1, -0.05) is 82.6 Å². The molecule has 0 spiro atoms. The minimum Gasteiger partial charge on any atom is -0.481 e. The van der Waals surface area contributed by atoms with E-state index in [9.17, 15) is 14.4 Å². The standard InChI is InChI=1S/C32H43ClN2O2.C4H9NO2/c1-23(2)10-15-30(25-13-11-24(21-36)12-14-25)35(6)32(18-16-27(17-19-32)31(3,4)5)34-29(22-37)26-8-7-9-28(33)20-26;1-5-3-2-4(6)7/h7-9,11-14,20-23,27,30H,10,15-19H2,1-6H3;5H,2-3H2,1H3,(H,6,7)/b34-29+;. The number of nitrogens with one attached hydrogen (secondary N) is 1. The SMILES string of the molecule is CC(C)CCC(c1ccc(C=O)cc1)N(C)C1(/N=C(\C=O)c2cccc(Cl)c2)CCC(C(C)(C)C)CC1.CNCCC(=O)O. The fourth-order valence-electron chi connectivity index (χ4n) is 5.91. The summed E-state index contributed by atoms with van der Waals surface area (Å²) in [5, 5.41) is 11.3. The summed E-state index contributed by atoms with van der Waals surface area (Å²) in [7, 11) is 3.89. The smallest absolute Gasteiger partial charge is 0.304 e. The highest BCUT2D eigenvalue weighted by atomic mass is 35.5. The lowest BCUT2D eigenvalue weighted by atomic mass is 9.69. The van der Waals surface area contributed by atoms with Crippen molar-refractivity contribution in [3.63, 3.8) is 0 Å². The van der Waals surface area contributed by atoms with Gasteiger partial charge >= 0.3 is 5.97 Å². The molecule has 1 atom stereocenters. The number of aliphatic carboxylic acids is 1. The summed E-state index contributed by atoms with van der Waals surface area (Å²) in [6.45, 7) is 12.0. The van der Waals surface area contributed by atoms with E-state index in [0.717, 1.165) is 56.7 Å². The van der Waals surface area contributed by atoms with Crippen LogP contribution in [-0.2, 0) is 9.59 Å². The third-order valence-electron chi connectivity index (χ3n) is 8.76. The third kappa shape index (κ3) is 11.2. The quantitative estimate of drug-likeness (QED) is 0.174. The first-order valence-electron chi connectivity index (χ1n) is 15.7. The minimum absolute atomic E-state index is 0.116. The van der Waals surface area contributed by atoms with Crippen molar-refractivity contribution in [1.29, 1.82) is 0 Å². The third-order valence-corrected chi connectivity index (χ3v) is 8.99. The van der Waals surface area contributed by atoms with Gasteiger partial charge in [0.2, 0.25) is 0 Å². The molecule has 0 heterocycles. The Hall–Kier alpha value is -2.87. The van der Waals surface area contributed by atoms with Crippen molar-refractivity contribution in [2.75, 3.05) is 20.6 Å². The summed E-state index contributed by atoms with van der Waals surface area (Å²) in [6, 6.07) is 15.5. The van der Waals surface area contributed by atoms with Crippen LogP contribution >= 0.6 is 11.6 Å². The van der Waals surface area contributed by atoms with E-state index in [1.165, 1.54) is 5.56 Å². The van der Waals surface area contributed by atoms with Crippen LogP contribution in [0.5, 0.6) is 0 Å². The van der Waals surface area contributed by atoms with Crippen LogP contribution in [0, 0.1) is 17.3 Å². The number of hydrogen-bond donors (Lipinski definition) is 2. The first-order valence-corrected chi connectivity index (χ1v) is 16.1. The molecule has 0 bridgehead atoms. The number of aliphatic imine (C=N–C) groups is 1. The number of halogens is 1. The van der Waals surface area contributed by atoms with Crippen molar-refractivity contribution in [2.45, 2.75) is 91.3 Å². The average Bonchev–Trinajstić information content (AvgIpc) is 2.99. The van der Waals surface area contributed by atoms with Gasteiger partial charge in [0.1, 0.15) is 17.7 Å². The normalized spacial score (nSPS) is 19.7. The van der Waals surface area contributed by atoms with Crippen LogP contribution in [0.3, 0.4) is 0 Å². The molecule has 8 heteroatoms. The molecule has 1 saturated carbocycles. The first-order chi connectivity index (χ1) is 20.8. The van der Waals surface area contributed by atoms with Gasteiger partial charge in [-0.3, -0.25) is 24.3 Å². The Bertz CT molecular complexity index is 1230. The van der Waals surface area contributed by atoms with Crippen molar-refractivity contribution in [1.82, 2.24) is 10.2 Å². The Morgan fingerprint density at radius 2 is 1.75 bits per heavy atom. The van der Waals surface area contributed by atoms with E-state index in [1.807, 2.05) is 36.4 Å². The molecule has 2 aromatic rings. The van der Waals surface area contributed by atoms with E-state index in [1.54, 1.807) is 7.05 Å². The molecule has 1 fully saturated rings. The second-order valence-electron chi connectivity index (χ2n) is 13.4. The van der Waals surface area contributed by atoms with E-state index < -0.39 is 11.6 Å². The number of rotatable bonds is 13. The van der Waals surface area contributed by atoms with E-state index >= 15 is 0 Å². The van der Waals surface area contributed by atoms with Crippen LogP contribution in [0.2, 0.25) is 5.02 Å². The van der Waals surface area contributed by atoms with Gasteiger partial charge in [-0.25, -0.2) is 0 Å². The van der Waals surface area contributed by atoms with Gasteiger partial charge < -0.3 is 10.4 Å². The van der Waals surface area contributed by atoms with Gasteiger partial charge in [0.05, 0.1) is 6.42 Å². The molecule has 7 nitrogen and oxygen atoms in total. The summed E-state index contributed by atoms with van der Waals surface area (Å²) in [4.78, 5) is 41.1. The summed E-state index contributed by atoms with van der Waals surface area (Å²) >= 11 is 6.28. The van der Waals surface area contributed by atoms with Gasteiger partial charge in [-0.15, -0.1) is 0 Å². The maximum Gasteiger partial charge on any atom is 0.304 e. The highest BCUT2D eigenvalue weighted by Gasteiger charge is 2.44. The van der Waals surface area contributed by atoms with Crippen molar-refractivity contribution in [3.8, 4) is 0 Å². The van der Waals surface area contributed by atoms with E-state index in [4.69, 9.17) is 21.7 Å². The summed E-state index contributed by atoms with van der Waals surface area (Å²) < 4.78 is 0. The van der Waals surface area contributed by atoms with Crippen LogP contribution in [0.4, 0.5) is 0 Å². The molecule has 2 N–H and O–H groups in total. The Balaban J connectivity index is 0.000000860. The van der Waals surface area contributed by atoms with Crippen molar-refractivity contribution in [3.05, 3.63) is 70.2 Å². The Labute approximate surface area is 269 Å². The summed E-state index contributed by atoms with van der Waals surface area (Å²) in [5.74, 6) is 0.420. The molecule has 0 amide bonds. The average molecular weight is 626 g/mol. The predicted molar refractivity (Wildman–Crippen MR) is 181 cm³/mol. The number of nitrogens with zero attached hydrogens (tertiary/aromatic N) is 2. The second-order valence-corrected chi connectivity index (χ2v) is 13.8. The Morgan fingerprint density at radius 3 is 2.20 bits per heavy atom. The van der Waals surface area contributed by atoms with Crippen molar-refractivity contribution in [2.24, 2.45) is 22.2 Å². The fraction of sp³-hybridized carbons (Fsp3) is 0.556. The molecule has 1 aliphatic carbocycles. The molecular formula is C36H52ClN3O4. The maximum absolute atomic E-state index is 12.4. The van der Waals surface area contributed by atoms with Gasteiger partial charge in [0.15, 0.2) is 6.29 Å². The molecule has 0 radical (unpaired) electrons. The van der Waals surface area contributed by atoms with Crippen LogP contribution in [-0.4, -0.2) is 60.6 Å². The van der Waals surface area contributed by atoms with Crippen molar-refractivity contribution < 1.29 is 19.5 Å². The number of aldehydes is 2. The summed E-state index contributed by atoms with van der Waals surface area (Å²) in [6.07, 6.45) is 7.89. The van der Waals surface area contributed by atoms with E-state index in [0.29, 0.717) is 34.7 Å². The number of carbonyl (C=O) groups is 3.